The van der Waals surface area contributed by atoms with E-state index in [9.17, 15) is 31.9 Å². The number of anilines is 2. The number of aromatic nitrogens is 4. The standard InChI is InChI=1S/C25H24F2N6O3.C2HF3O2/c1-13-19(22-30-20(28-9-11-34)18-21(31-22)32-24(35)25(18,2)3)33-10-5-8-17(23(33)29-13)36-12-14-15(26)6-4-7-16(14)27;3-2(4,5)1(6)7/h4-8,10,34H,9,11-12H2,1-3H3,(H2,28,30,31,32,35);(H,6,7). The van der Waals surface area contributed by atoms with Crippen LogP contribution in [0.4, 0.5) is 33.6 Å². The van der Waals surface area contributed by atoms with Crippen molar-refractivity contribution in [2.75, 3.05) is 23.8 Å². The summed E-state index contributed by atoms with van der Waals surface area (Å²) in [6, 6.07) is 7.02. The molecule has 0 spiro atoms. The minimum absolute atomic E-state index is 0.117. The van der Waals surface area contributed by atoms with Crippen LogP contribution in [-0.4, -0.2) is 60.8 Å². The quantitative estimate of drug-likeness (QED) is 0.226. The molecule has 43 heavy (non-hydrogen) atoms. The molecule has 0 saturated carbocycles. The van der Waals surface area contributed by atoms with Crippen molar-refractivity contribution in [3.05, 3.63) is 65.0 Å². The van der Waals surface area contributed by atoms with E-state index in [0.29, 0.717) is 45.8 Å². The van der Waals surface area contributed by atoms with E-state index in [4.69, 9.17) is 14.6 Å². The zero-order valence-corrected chi connectivity index (χ0v) is 22.9. The van der Waals surface area contributed by atoms with Crippen molar-refractivity contribution in [3.8, 4) is 17.3 Å². The molecule has 1 aliphatic rings. The summed E-state index contributed by atoms with van der Waals surface area (Å²) in [6.45, 7) is 5.15. The van der Waals surface area contributed by atoms with Gasteiger partial charge in [-0.2, -0.15) is 13.2 Å². The van der Waals surface area contributed by atoms with E-state index >= 15 is 0 Å². The van der Waals surface area contributed by atoms with Crippen LogP contribution in [0.15, 0.2) is 36.5 Å². The predicted octanol–water partition coefficient (Wildman–Crippen LogP) is 4.22. The third-order valence-electron chi connectivity index (χ3n) is 6.41. The highest BCUT2D eigenvalue weighted by molar-refractivity contribution is 6.06. The number of amides is 1. The largest absolute Gasteiger partial charge is 0.490 e. The molecule has 0 atom stereocenters. The van der Waals surface area contributed by atoms with E-state index in [1.165, 1.54) is 18.2 Å². The van der Waals surface area contributed by atoms with E-state index in [0.717, 1.165) is 0 Å². The Morgan fingerprint density at radius 1 is 1.12 bits per heavy atom. The summed E-state index contributed by atoms with van der Waals surface area (Å²) in [6.07, 6.45) is -3.33. The number of carbonyl (C=O) groups excluding carboxylic acids is 1. The van der Waals surface area contributed by atoms with Crippen molar-refractivity contribution in [3.63, 3.8) is 0 Å². The molecule has 228 valence electrons. The Labute approximate surface area is 240 Å². The highest BCUT2D eigenvalue weighted by Crippen LogP contribution is 2.42. The molecular weight excluding hydrogens is 583 g/mol. The van der Waals surface area contributed by atoms with Crippen molar-refractivity contribution in [1.82, 2.24) is 19.4 Å². The van der Waals surface area contributed by atoms with Gasteiger partial charge in [-0.3, -0.25) is 9.20 Å². The normalized spacial score (nSPS) is 13.7. The number of aryl methyl sites for hydroxylation is 1. The highest BCUT2D eigenvalue weighted by Gasteiger charge is 2.43. The molecule has 4 N–H and O–H groups in total. The maximum atomic E-state index is 14.1. The molecule has 0 radical (unpaired) electrons. The van der Waals surface area contributed by atoms with Gasteiger partial charge in [-0.15, -0.1) is 0 Å². The van der Waals surface area contributed by atoms with Crippen LogP contribution in [0.5, 0.6) is 5.75 Å². The number of aliphatic carboxylic acids is 1. The van der Waals surface area contributed by atoms with Crippen LogP contribution >= 0.6 is 0 Å². The van der Waals surface area contributed by atoms with Gasteiger partial charge in [0.25, 0.3) is 0 Å². The summed E-state index contributed by atoms with van der Waals surface area (Å²) in [4.78, 5) is 35.4. The number of hydrogen-bond acceptors (Lipinski definition) is 8. The molecular formula is C27H25F5N6O5. The van der Waals surface area contributed by atoms with Gasteiger partial charge in [0.2, 0.25) is 5.91 Å². The average molecular weight is 609 g/mol. The molecule has 1 aromatic carbocycles. The number of pyridine rings is 1. The average Bonchev–Trinajstić information content (AvgIpc) is 3.38. The van der Waals surface area contributed by atoms with Crippen LogP contribution < -0.4 is 15.4 Å². The zero-order chi connectivity index (χ0) is 31.7. The van der Waals surface area contributed by atoms with Gasteiger partial charge in [-0.1, -0.05) is 6.07 Å². The molecule has 1 aliphatic heterocycles. The zero-order valence-electron chi connectivity index (χ0n) is 22.9. The second-order valence-electron chi connectivity index (χ2n) is 9.75. The van der Waals surface area contributed by atoms with Crippen LogP contribution in [0, 0.1) is 18.6 Å². The second kappa shape index (κ2) is 11.8. The lowest BCUT2D eigenvalue weighted by Gasteiger charge is -2.19. The molecule has 4 aromatic rings. The monoisotopic (exact) mass is 608 g/mol. The molecule has 0 bridgehead atoms. The first kappa shape index (κ1) is 31.1. The lowest BCUT2D eigenvalue weighted by molar-refractivity contribution is -0.192. The predicted molar refractivity (Wildman–Crippen MR) is 143 cm³/mol. The summed E-state index contributed by atoms with van der Waals surface area (Å²) >= 11 is 0. The Kier molecular flexibility index (Phi) is 8.52. The maximum Gasteiger partial charge on any atom is 0.490 e. The third-order valence-corrected chi connectivity index (χ3v) is 6.41. The van der Waals surface area contributed by atoms with Gasteiger partial charge in [-0.05, 0) is 45.0 Å². The van der Waals surface area contributed by atoms with Crippen LogP contribution in [0.25, 0.3) is 17.2 Å². The molecule has 11 nitrogen and oxygen atoms in total. The van der Waals surface area contributed by atoms with Crippen molar-refractivity contribution < 1.29 is 46.5 Å². The van der Waals surface area contributed by atoms with Crippen molar-refractivity contribution in [2.24, 2.45) is 0 Å². The highest BCUT2D eigenvalue weighted by atomic mass is 19.4. The van der Waals surface area contributed by atoms with E-state index in [2.05, 4.69) is 25.6 Å². The second-order valence-corrected chi connectivity index (χ2v) is 9.75. The Morgan fingerprint density at radius 2 is 1.77 bits per heavy atom. The third kappa shape index (κ3) is 6.18. The summed E-state index contributed by atoms with van der Waals surface area (Å²) in [5.74, 6) is -2.91. The fourth-order valence-electron chi connectivity index (χ4n) is 4.29. The molecule has 5 rings (SSSR count). The van der Waals surface area contributed by atoms with Gasteiger partial charge in [-0.25, -0.2) is 28.5 Å². The molecule has 4 heterocycles. The lowest BCUT2D eigenvalue weighted by atomic mass is 9.87. The fourth-order valence-corrected chi connectivity index (χ4v) is 4.29. The number of ether oxygens (including phenoxy) is 1. The molecule has 1 amide bonds. The van der Waals surface area contributed by atoms with Gasteiger partial charge < -0.3 is 25.6 Å². The Morgan fingerprint density at radius 3 is 2.37 bits per heavy atom. The first-order valence-corrected chi connectivity index (χ1v) is 12.6. The van der Waals surface area contributed by atoms with Crippen LogP contribution in [0.2, 0.25) is 0 Å². The van der Waals surface area contributed by atoms with Crippen LogP contribution in [-0.2, 0) is 21.6 Å². The lowest BCUT2D eigenvalue weighted by Crippen LogP contribution is -2.28. The number of benzene rings is 1. The van der Waals surface area contributed by atoms with Crippen LogP contribution in [0.3, 0.4) is 0 Å². The van der Waals surface area contributed by atoms with Gasteiger partial charge in [0.1, 0.15) is 35.6 Å². The first-order chi connectivity index (χ1) is 20.2. The number of carbonyl (C=O) groups is 2. The number of hydrogen-bond donors (Lipinski definition) is 4. The number of aliphatic hydroxyl groups is 1. The van der Waals surface area contributed by atoms with E-state index in [1.54, 1.807) is 43.5 Å². The van der Waals surface area contributed by atoms with Crippen molar-refractivity contribution >= 4 is 29.2 Å². The summed E-state index contributed by atoms with van der Waals surface area (Å²) < 4.78 is 67.4. The topological polar surface area (TPSA) is 151 Å². The number of nitrogens with zero attached hydrogens (tertiary/aromatic N) is 4. The molecule has 0 saturated heterocycles. The maximum absolute atomic E-state index is 14.1. The number of fused-ring (bicyclic) bond motifs is 2. The fraction of sp³-hybridized carbons (Fsp3) is 0.296. The Balaban J connectivity index is 0.000000541. The van der Waals surface area contributed by atoms with Crippen molar-refractivity contribution in [2.45, 2.75) is 39.0 Å². The van der Waals surface area contributed by atoms with Gasteiger partial charge in [0, 0.05) is 12.7 Å². The number of alkyl halides is 3. The van der Waals surface area contributed by atoms with E-state index in [-0.39, 0.29) is 31.2 Å². The Bertz CT molecular complexity index is 1690. The number of nitrogens with one attached hydrogen (secondary N) is 2. The van der Waals surface area contributed by atoms with E-state index < -0.39 is 29.2 Å². The molecule has 0 fully saturated rings. The first-order valence-electron chi connectivity index (χ1n) is 12.6. The van der Waals surface area contributed by atoms with Crippen molar-refractivity contribution in [1.29, 1.82) is 0 Å². The molecule has 0 unspecified atom stereocenters. The van der Waals surface area contributed by atoms with E-state index in [1.807, 2.05) is 0 Å². The van der Waals surface area contributed by atoms with Gasteiger partial charge >= 0.3 is 12.1 Å². The summed E-state index contributed by atoms with van der Waals surface area (Å²) in [7, 11) is 0. The number of carboxylic acids is 1. The minimum atomic E-state index is -5.08. The van der Waals surface area contributed by atoms with Gasteiger partial charge in [0.05, 0.1) is 28.8 Å². The van der Waals surface area contributed by atoms with Crippen LogP contribution in [0.1, 0.15) is 30.7 Å². The number of rotatable bonds is 7. The summed E-state index contributed by atoms with van der Waals surface area (Å²) in [5.41, 5.74) is 1.14. The summed E-state index contributed by atoms with van der Waals surface area (Å²) in [5, 5.41) is 22.4. The molecule has 0 aliphatic carbocycles. The Hall–Kier alpha value is -4.86. The number of imidazole rings is 1. The number of halogens is 5. The smallest absolute Gasteiger partial charge is 0.485 e. The minimum Gasteiger partial charge on any atom is -0.485 e. The van der Waals surface area contributed by atoms with Gasteiger partial charge in [0.15, 0.2) is 17.2 Å². The SMILES string of the molecule is Cc1nc2c(OCc3c(F)cccc3F)cccn2c1-c1nc(NCCO)c2c(n1)NC(=O)C2(C)C.O=C(O)C(F)(F)F. The molecule has 3 aromatic heterocycles. The number of carboxylic acid groups (broad SMARTS) is 1. The molecule has 16 heteroatoms. The number of aliphatic hydroxyl groups excluding tert-OH is 1.